The van der Waals surface area contributed by atoms with Crippen LogP contribution in [0, 0.1) is 19.0 Å². The molecule has 0 spiro atoms. The topological polar surface area (TPSA) is 38.9 Å². The van der Waals surface area contributed by atoms with Crippen LogP contribution in [-0.2, 0) is 32.9 Å². The molecular formula is C42H38GeIrN2O-2. The SMILES string of the molecule is [2H]C([2H])([2H])c1c[c-]c(-c2cc[c]([Ge]([CH3])([CH3])[CH3])cn2)cc1.[Ir].[c-]1ccc2c(oc3cc(-c4ccccc4)ccc32)c1-c1nccc2c1CCCC2. The van der Waals surface area contributed by atoms with Gasteiger partial charge in [0.2, 0.25) is 0 Å². The van der Waals surface area contributed by atoms with E-state index >= 15 is 0 Å². The summed E-state index contributed by atoms with van der Waals surface area (Å²) in [6.45, 7) is -2.08. The number of benzene rings is 4. The molecule has 0 aliphatic heterocycles. The van der Waals surface area contributed by atoms with E-state index < -0.39 is 20.1 Å². The maximum Gasteiger partial charge on any atom is 0.121 e. The summed E-state index contributed by atoms with van der Waals surface area (Å²) in [7, 11) is 0. The Morgan fingerprint density at radius 3 is 2.40 bits per heavy atom. The van der Waals surface area contributed by atoms with Gasteiger partial charge < -0.3 is 9.40 Å². The largest absolute Gasteiger partial charge is 0.501 e. The molecule has 1 aliphatic carbocycles. The first-order valence-electron chi connectivity index (χ1n) is 17.4. The second kappa shape index (κ2) is 14.1. The fourth-order valence-electron chi connectivity index (χ4n) is 6.19. The first-order chi connectivity index (χ1) is 23.6. The zero-order valence-electron chi connectivity index (χ0n) is 29.9. The van der Waals surface area contributed by atoms with Crippen LogP contribution < -0.4 is 4.40 Å². The van der Waals surface area contributed by atoms with Gasteiger partial charge >= 0.3 is 110 Å². The molecule has 1 aliphatic rings. The Morgan fingerprint density at radius 1 is 0.809 bits per heavy atom. The molecule has 8 rings (SSSR count). The summed E-state index contributed by atoms with van der Waals surface area (Å²) in [6, 6.07) is 38.7. The van der Waals surface area contributed by atoms with Crippen LogP contribution >= 0.6 is 0 Å². The predicted octanol–water partition coefficient (Wildman–Crippen LogP) is 10.4. The van der Waals surface area contributed by atoms with Crippen molar-refractivity contribution in [3.8, 4) is 33.6 Å². The molecular weight excluding hydrogens is 813 g/mol. The van der Waals surface area contributed by atoms with Gasteiger partial charge in [0.15, 0.2) is 0 Å². The van der Waals surface area contributed by atoms with Crippen molar-refractivity contribution >= 4 is 39.6 Å². The van der Waals surface area contributed by atoms with Crippen molar-refractivity contribution in [3.63, 3.8) is 0 Å². The van der Waals surface area contributed by atoms with E-state index in [-0.39, 0.29) is 20.1 Å². The van der Waals surface area contributed by atoms with E-state index in [1.54, 1.807) is 12.1 Å². The third-order valence-corrected chi connectivity index (χ3v) is 13.0. The van der Waals surface area contributed by atoms with Crippen molar-refractivity contribution in [2.24, 2.45) is 0 Å². The van der Waals surface area contributed by atoms with Crippen LogP contribution in [-0.4, -0.2) is 23.2 Å². The van der Waals surface area contributed by atoms with Crippen LogP contribution in [0.1, 0.15) is 33.6 Å². The smallest absolute Gasteiger partial charge is 0.121 e. The third kappa shape index (κ3) is 7.06. The van der Waals surface area contributed by atoms with E-state index in [0.29, 0.717) is 5.56 Å². The molecule has 5 heteroatoms. The van der Waals surface area contributed by atoms with Gasteiger partial charge in [-0.2, -0.15) is 0 Å². The summed E-state index contributed by atoms with van der Waals surface area (Å²) in [5.74, 6) is 6.98. The van der Waals surface area contributed by atoms with Crippen molar-refractivity contribution in [1.29, 1.82) is 0 Å². The van der Waals surface area contributed by atoms with E-state index in [9.17, 15) is 0 Å². The molecule has 0 atom stereocenters. The van der Waals surface area contributed by atoms with Gasteiger partial charge in [-0.3, -0.25) is 0 Å². The van der Waals surface area contributed by atoms with E-state index in [2.05, 4.69) is 95.0 Å². The Balaban J connectivity index is 0.000000182. The molecule has 7 aromatic rings. The molecule has 0 unspecified atom stereocenters. The number of fused-ring (bicyclic) bond motifs is 4. The number of furan rings is 1. The minimum absolute atomic E-state index is 0. The quantitative estimate of drug-likeness (QED) is 0.131. The van der Waals surface area contributed by atoms with E-state index in [1.165, 1.54) is 40.0 Å². The number of rotatable bonds is 4. The minimum Gasteiger partial charge on any atom is -0.501 e. The fraction of sp³-hybridized carbons (Fsp3) is 0.190. The molecule has 0 saturated heterocycles. The molecule has 4 aromatic carbocycles. The zero-order chi connectivity index (χ0) is 34.2. The summed E-state index contributed by atoms with van der Waals surface area (Å²) in [4.78, 5) is 9.24. The number of hydrogen-bond donors (Lipinski definition) is 0. The predicted molar refractivity (Wildman–Crippen MR) is 194 cm³/mol. The summed E-state index contributed by atoms with van der Waals surface area (Å²) >= 11 is -1.83. The summed E-state index contributed by atoms with van der Waals surface area (Å²) in [6.07, 6.45) is 8.59. The zero-order valence-corrected chi connectivity index (χ0v) is 31.3. The molecule has 3 nitrogen and oxygen atoms in total. The van der Waals surface area contributed by atoms with Crippen LogP contribution in [0.5, 0.6) is 0 Å². The minimum atomic E-state index is -2.08. The van der Waals surface area contributed by atoms with Crippen molar-refractivity contribution in [1.82, 2.24) is 9.97 Å². The van der Waals surface area contributed by atoms with E-state index in [1.807, 2.05) is 30.6 Å². The molecule has 0 fully saturated rings. The Bertz CT molecular complexity index is 2190. The van der Waals surface area contributed by atoms with Crippen molar-refractivity contribution in [2.45, 2.75) is 49.8 Å². The number of pyridine rings is 2. The second-order valence-electron chi connectivity index (χ2n) is 13.0. The molecule has 0 bridgehead atoms. The summed E-state index contributed by atoms with van der Waals surface area (Å²) < 4.78 is 29.8. The molecule has 237 valence electrons. The molecule has 0 N–H and O–H groups in total. The molecule has 0 saturated carbocycles. The van der Waals surface area contributed by atoms with Crippen molar-refractivity contribution in [2.75, 3.05) is 0 Å². The van der Waals surface area contributed by atoms with Gasteiger partial charge in [-0.05, 0) is 54.6 Å². The standard InChI is InChI=1S/C27H20NO.C15H18GeN.Ir/c1-2-7-18(8-3-1)20-13-14-22-23-11-6-12-24(27(23)29-25(22)17-20)26-21-10-5-4-9-19(21)15-16-28-26;1-12-5-7-13(8-6-12)15-10-9-14(11-17-15)16(2,3)4;/h1-3,6-8,11,13-17H,4-5,9-10H2;5-7,9-11H,1-4H3;/q2*-1;/i;1D3;. The monoisotopic (exact) mass is 856 g/mol. The molecule has 3 heterocycles. The third-order valence-electron chi connectivity index (χ3n) is 8.77. The average Bonchev–Trinajstić information content (AvgIpc) is 3.50. The number of nitrogens with zero attached hydrogens (tertiary/aromatic N) is 2. The maximum absolute atomic E-state index is 7.35. The molecule has 47 heavy (non-hydrogen) atoms. The molecule has 0 amide bonds. The van der Waals surface area contributed by atoms with Crippen LogP contribution in [0.3, 0.4) is 0 Å². The van der Waals surface area contributed by atoms with Gasteiger partial charge in [0.1, 0.15) is 5.58 Å². The van der Waals surface area contributed by atoms with Gasteiger partial charge in [0, 0.05) is 31.7 Å². The first kappa shape index (κ1) is 29.3. The van der Waals surface area contributed by atoms with Gasteiger partial charge in [-0.25, -0.2) is 0 Å². The van der Waals surface area contributed by atoms with Crippen LogP contribution in [0.25, 0.3) is 55.6 Å². The Kier molecular flexibility index (Phi) is 8.80. The first-order valence-corrected chi connectivity index (χ1v) is 23.3. The van der Waals surface area contributed by atoms with Crippen LogP contribution in [0.15, 0.2) is 114 Å². The summed E-state index contributed by atoms with van der Waals surface area (Å²) in [5.41, 5.74) is 10.9. The summed E-state index contributed by atoms with van der Waals surface area (Å²) in [5, 5.41) is 2.27. The Labute approximate surface area is 298 Å². The normalized spacial score (nSPS) is 13.8. The Hall–Kier alpha value is -3.83. The fourth-order valence-corrected chi connectivity index (χ4v) is 8.36. The van der Waals surface area contributed by atoms with Gasteiger partial charge in [0.25, 0.3) is 0 Å². The van der Waals surface area contributed by atoms with Gasteiger partial charge in [-0.15, -0.1) is 18.2 Å². The van der Waals surface area contributed by atoms with E-state index in [4.69, 9.17) is 13.5 Å². The Morgan fingerprint density at radius 2 is 1.66 bits per heavy atom. The average molecular weight is 855 g/mol. The number of aromatic nitrogens is 2. The maximum atomic E-state index is 7.35. The number of aryl methyl sites for hydroxylation is 2. The number of hydrogen-bond acceptors (Lipinski definition) is 3. The van der Waals surface area contributed by atoms with Gasteiger partial charge in [0.05, 0.1) is 5.58 Å². The van der Waals surface area contributed by atoms with Gasteiger partial charge in [-0.1, -0.05) is 64.5 Å². The van der Waals surface area contributed by atoms with Crippen molar-refractivity contribution in [3.05, 3.63) is 138 Å². The molecule has 3 aromatic heterocycles. The second-order valence-corrected chi connectivity index (χ2v) is 23.6. The van der Waals surface area contributed by atoms with Crippen LogP contribution in [0.4, 0.5) is 0 Å². The van der Waals surface area contributed by atoms with Crippen molar-refractivity contribution < 1.29 is 28.6 Å². The van der Waals surface area contributed by atoms with E-state index in [0.717, 1.165) is 62.9 Å². The molecule has 1 radical (unpaired) electrons. The van der Waals surface area contributed by atoms with Crippen LogP contribution in [0.2, 0.25) is 17.3 Å².